The summed E-state index contributed by atoms with van der Waals surface area (Å²) in [5.41, 5.74) is 9.58. The molecule has 2 heteroatoms. The molecule has 0 aliphatic rings. The van der Waals surface area contributed by atoms with Crippen molar-refractivity contribution in [3.8, 4) is 0 Å². The molecule has 0 radical (unpaired) electrons. The summed E-state index contributed by atoms with van der Waals surface area (Å²) in [7, 11) is 0. The number of aryl methyl sites for hydroxylation is 2. The normalized spacial score (nSPS) is 10.9. The lowest BCUT2D eigenvalue weighted by molar-refractivity contribution is 0.915. The van der Waals surface area contributed by atoms with Crippen molar-refractivity contribution in [2.24, 2.45) is 0 Å². The summed E-state index contributed by atoms with van der Waals surface area (Å²) in [5.74, 6) is 0.697. The van der Waals surface area contributed by atoms with Crippen LogP contribution in [-0.2, 0) is 12.8 Å². The van der Waals surface area contributed by atoms with Gasteiger partial charge in [0.15, 0.2) is 0 Å². The first-order valence-electron chi connectivity index (χ1n) is 6.43. The predicted octanol–water partition coefficient (Wildman–Crippen LogP) is 3.72. The Morgan fingerprint density at radius 1 is 1.06 bits per heavy atom. The smallest absolute Gasteiger partial charge is 0.127 e. The fourth-order valence-corrected chi connectivity index (χ4v) is 2.26. The van der Waals surface area contributed by atoms with Gasteiger partial charge >= 0.3 is 0 Å². The van der Waals surface area contributed by atoms with Crippen LogP contribution in [0.15, 0.2) is 24.3 Å². The van der Waals surface area contributed by atoms with Gasteiger partial charge < -0.3 is 5.73 Å². The van der Waals surface area contributed by atoms with Gasteiger partial charge in [0.25, 0.3) is 0 Å². The number of benzene rings is 1. The van der Waals surface area contributed by atoms with Crippen molar-refractivity contribution in [1.29, 1.82) is 0 Å². The van der Waals surface area contributed by atoms with Crippen molar-refractivity contribution in [2.45, 2.75) is 39.5 Å². The molecule has 2 nitrogen and oxygen atoms in total. The topological polar surface area (TPSA) is 38.9 Å². The highest BCUT2D eigenvalue weighted by atomic mass is 14.8. The Hall–Kier alpha value is -1.57. The molecule has 2 N–H and O–H groups in total. The number of pyridine rings is 1. The summed E-state index contributed by atoms with van der Waals surface area (Å²) in [6.45, 7) is 4.35. The number of nitrogens with zero attached hydrogens (tertiary/aromatic N) is 1. The molecule has 2 aromatic rings. The molecule has 0 saturated heterocycles. The Labute approximate surface area is 103 Å². The molecule has 1 aromatic heterocycles. The molecule has 0 amide bonds. The summed E-state index contributed by atoms with van der Waals surface area (Å²) in [5, 5.41) is 1.22. The Morgan fingerprint density at radius 3 is 2.47 bits per heavy atom. The summed E-state index contributed by atoms with van der Waals surface area (Å²) >= 11 is 0. The van der Waals surface area contributed by atoms with E-state index in [1.165, 1.54) is 16.5 Å². The van der Waals surface area contributed by atoms with E-state index in [-0.39, 0.29) is 0 Å². The van der Waals surface area contributed by atoms with Crippen LogP contribution in [0.2, 0.25) is 0 Å². The summed E-state index contributed by atoms with van der Waals surface area (Å²) in [6.07, 6.45) is 4.31. The first kappa shape index (κ1) is 11.9. The summed E-state index contributed by atoms with van der Waals surface area (Å²) in [6, 6.07) is 8.58. The van der Waals surface area contributed by atoms with Crippen molar-refractivity contribution in [3.63, 3.8) is 0 Å². The van der Waals surface area contributed by atoms with Crippen molar-refractivity contribution in [3.05, 3.63) is 35.4 Å². The molecule has 0 aliphatic carbocycles. The first-order chi connectivity index (χ1) is 8.26. The van der Waals surface area contributed by atoms with E-state index in [1.807, 2.05) is 0 Å². The zero-order valence-corrected chi connectivity index (χ0v) is 10.7. The van der Waals surface area contributed by atoms with Crippen molar-refractivity contribution in [2.75, 3.05) is 5.73 Å². The van der Waals surface area contributed by atoms with E-state index in [1.54, 1.807) is 0 Å². The number of hydrogen-bond acceptors (Lipinski definition) is 2. The lowest BCUT2D eigenvalue weighted by Gasteiger charge is -2.09. The second-order valence-corrected chi connectivity index (χ2v) is 4.52. The molecular formula is C15H20N2. The third-order valence-corrected chi connectivity index (χ3v) is 3.08. The van der Waals surface area contributed by atoms with Gasteiger partial charge in [-0.3, -0.25) is 0 Å². The average molecular weight is 228 g/mol. The summed E-state index contributed by atoms with van der Waals surface area (Å²) in [4.78, 5) is 4.59. The maximum absolute atomic E-state index is 6.03. The predicted molar refractivity (Wildman–Crippen MR) is 74.1 cm³/mol. The Kier molecular flexibility index (Phi) is 3.62. The van der Waals surface area contributed by atoms with Crippen LogP contribution in [0.3, 0.4) is 0 Å². The molecule has 17 heavy (non-hydrogen) atoms. The van der Waals surface area contributed by atoms with Gasteiger partial charge in [-0.25, -0.2) is 4.98 Å². The summed E-state index contributed by atoms with van der Waals surface area (Å²) < 4.78 is 0. The number of rotatable bonds is 4. The van der Waals surface area contributed by atoms with Crippen LogP contribution in [-0.4, -0.2) is 4.98 Å². The van der Waals surface area contributed by atoms with Gasteiger partial charge in [-0.2, -0.15) is 0 Å². The molecule has 0 bridgehead atoms. The monoisotopic (exact) mass is 228 g/mol. The number of nitrogens with two attached hydrogens (primary N) is 1. The number of hydrogen-bond donors (Lipinski definition) is 1. The molecule has 0 unspecified atom stereocenters. The van der Waals surface area contributed by atoms with E-state index in [0.717, 1.165) is 31.2 Å². The highest BCUT2D eigenvalue weighted by Crippen LogP contribution is 2.23. The van der Waals surface area contributed by atoms with E-state index >= 15 is 0 Å². The maximum atomic E-state index is 6.03. The fraction of sp³-hybridized carbons (Fsp3) is 0.400. The third-order valence-electron chi connectivity index (χ3n) is 3.08. The van der Waals surface area contributed by atoms with Crippen LogP contribution in [0.1, 0.15) is 37.8 Å². The van der Waals surface area contributed by atoms with Crippen LogP contribution in [0.5, 0.6) is 0 Å². The van der Waals surface area contributed by atoms with Crippen LogP contribution in [0.4, 0.5) is 5.82 Å². The lowest BCUT2D eigenvalue weighted by atomic mass is 10.0. The van der Waals surface area contributed by atoms with Gasteiger partial charge in [0.05, 0.1) is 5.52 Å². The van der Waals surface area contributed by atoms with E-state index in [2.05, 4.69) is 43.1 Å². The van der Waals surface area contributed by atoms with Gasteiger partial charge in [-0.05, 0) is 30.0 Å². The highest BCUT2D eigenvalue weighted by Gasteiger charge is 2.06. The zero-order chi connectivity index (χ0) is 12.3. The molecular weight excluding hydrogens is 208 g/mol. The van der Waals surface area contributed by atoms with Crippen molar-refractivity contribution >= 4 is 16.7 Å². The van der Waals surface area contributed by atoms with Crippen molar-refractivity contribution in [1.82, 2.24) is 4.98 Å². The van der Waals surface area contributed by atoms with Gasteiger partial charge in [-0.15, -0.1) is 0 Å². The number of nitrogen functional groups attached to an aromatic ring is 1. The molecule has 0 spiro atoms. The molecule has 1 heterocycles. The molecule has 0 saturated carbocycles. The van der Waals surface area contributed by atoms with Crippen LogP contribution < -0.4 is 5.73 Å². The van der Waals surface area contributed by atoms with Crippen LogP contribution in [0, 0.1) is 0 Å². The van der Waals surface area contributed by atoms with Gasteiger partial charge in [-0.1, -0.05) is 44.9 Å². The quantitative estimate of drug-likeness (QED) is 0.866. The molecule has 2 rings (SSSR count). The van der Waals surface area contributed by atoms with Crippen LogP contribution in [0.25, 0.3) is 10.9 Å². The average Bonchev–Trinajstić information content (AvgIpc) is 2.32. The van der Waals surface area contributed by atoms with Gasteiger partial charge in [0.1, 0.15) is 5.82 Å². The first-order valence-corrected chi connectivity index (χ1v) is 6.43. The minimum absolute atomic E-state index is 0.697. The molecule has 0 atom stereocenters. The van der Waals surface area contributed by atoms with E-state index in [0.29, 0.717) is 5.82 Å². The molecule has 0 aliphatic heterocycles. The fourth-order valence-electron chi connectivity index (χ4n) is 2.26. The number of fused-ring (bicyclic) bond motifs is 1. The van der Waals surface area contributed by atoms with Gasteiger partial charge in [0.2, 0.25) is 0 Å². The minimum Gasteiger partial charge on any atom is -0.383 e. The maximum Gasteiger partial charge on any atom is 0.127 e. The lowest BCUT2D eigenvalue weighted by Crippen LogP contribution is -2.00. The number of aromatic nitrogens is 1. The number of anilines is 1. The number of para-hydroxylation sites is 1. The SMILES string of the molecule is CCCc1cc2cccc(CCC)c2nc1N. The molecule has 1 aromatic carbocycles. The standard InChI is InChI=1S/C15H20N2/c1-3-6-11-8-5-9-12-10-13(7-4-2)15(16)17-14(11)12/h5,8-10H,3-4,6-7H2,1-2H3,(H2,16,17). The van der Waals surface area contributed by atoms with Crippen molar-refractivity contribution < 1.29 is 0 Å². The highest BCUT2D eigenvalue weighted by molar-refractivity contribution is 5.84. The second kappa shape index (κ2) is 5.17. The minimum atomic E-state index is 0.697. The molecule has 90 valence electrons. The largest absolute Gasteiger partial charge is 0.383 e. The van der Waals surface area contributed by atoms with E-state index in [9.17, 15) is 0 Å². The third kappa shape index (κ3) is 2.41. The van der Waals surface area contributed by atoms with Crippen LogP contribution >= 0.6 is 0 Å². The van der Waals surface area contributed by atoms with E-state index in [4.69, 9.17) is 5.73 Å². The molecule has 0 fully saturated rings. The second-order valence-electron chi connectivity index (χ2n) is 4.52. The Morgan fingerprint density at radius 2 is 1.76 bits per heavy atom. The Balaban J connectivity index is 2.56. The zero-order valence-electron chi connectivity index (χ0n) is 10.7. The Bertz CT molecular complexity index is 518. The van der Waals surface area contributed by atoms with Gasteiger partial charge in [0, 0.05) is 5.39 Å². The van der Waals surface area contributed by atoms with E-state index < -0.39 is 0 Å².